The number of rotatable bonds is 4. The number of hydrogen-bond donors (Lipinski definition) is 1. The molecule has 0 saturated carbocycles. The normalized spacial score (nSPS) is 12.7. The molecule has 5 nitrogen and oxygen atoms in total. The zero-order chi connectivity index (χ0) is 16.6. The summed E-state index contributed by atoms with van der Waals surface area (Å²) in [6, 6.07) is 10.9. The molecule has 0 spiro atoms. The highest BCUT2D eigenvalue weighted by atomic mass is 16.4. The van der Waals surface area contributed by atoms with E-state index in [-0.39, 0.29) is 5.92 Å². The molecular weight excluding hydrogens is 290 g/mol. The number of hydrogen-bond acceptors (Lipinski definition) is 3. The molecule has 0 aliphatic heterocycles. The van der Waals surface area contributed by atoms with Crippen LogP contribution in [-0.4, -0.2) is 25.6 Å². The van der Waals surface area contributed by atoms with E-state index in [0.717, 1.165) is 16.6 Å². The number of imidazole rings is 1. The minimum Gasteiger partial charge on any atom is -0.480 e. The van der Waals surface area contributed by atoms with Crippen LogP contribution >= 0.6 is 0 Å². The van der Waals surface area contributed by atoms with Crippen LogP contribution in [0.25, 0.3) is 22.6 Å². The quantitative estimate of drug-likeness (QED) is 0.798. The van der Waals surface area contributed by atoms with Crippen molar-refractivity contribution in [3.8, 4) is 11.4 Å². The summed E-state index contributed by atoms with van der Waals surface area (Å²) < 4.78 is 1.75. The summed E-state index contributed by atoms with van der Waals surface area (Å²) in [5.41, 5.74) is 3.21. The highest BCUT2D eigenvalue weighted by Gasteiger charge is 2.29. The summed E-state index contributed by atoms with van der Waals surface area (Å²) in [7, 11) is 0. The van der Waals surface area contributed by atoms with Crippen LogP contribution in [-0.2, 0) is 4.79 Å². The van der Waals surface area contributed by atoms with Crippen LogP contribution in [0.15, 0.2) is 42.6 Å². The average Bonchev–Trinajstić information content (AvgIpc) is 2.86. The van der Waals surface area contributed by atoms with E-state index in [1.165, 1.54) is 0 Å². The second kappa shape index (κ2) is 5.83. The van der Waals surface area contributed by atoms with Crippen LogP contribution in [0.1, 0.15) is 25.5 Å². The third-order valence-corrected chi connectivity index (χ3v) is 3.86. The second-order valence-corrected chi connectivity index (χ2v) is 6.05. The molecular formula is C18H19N3O2. The number of aryl methyl sites for hydroxylation is 1. The Morgan fingerprint density at radius 2 is 1.91 bits per heavy atom. The van der Waals surface area contributed by atoms with Gasteiger partial charge in [0.05, 0.1) is 0 Å². The number of pyridine rings is 1. The number of fused-ring (bicyclic) bond motifs is 1. The molecule has 3 rings (SSSR count). The first kappa shape index (κ1) is 15.2. The van der Waals surface area contributed by atoms with Gasteiger partial charge in [0, 0.05) is 11.8 Å². The molecule has 23 heavy (non-hydrogen) atoms. The standard InChI is InChI=1S/C18H19N3O2/c1-11(2)15(18(22)23)21-16(13-7-5-4-6-8-13)20-14-9-12(3)10-19-17(14)21/h4-11,15H,1-3H3,(H,22,23). The smallest absolute Gasteiger partial charge is 0.327 e. The minimum absolute atomic E-state index is 0.0875. The van der Waals surface area contributed by atoms with Crippen molar-refractivity contribution < 1.29 is 9.90 Å². The molecule has 0 fully saturated rings. The Morgan fingerprint density at radius 1 is 1.22 bits per heavy atom. The maximum atomic E-state index is 11.9. The van der Waals surface area contributed by atoms with Gasteiger partial charge in [0.15, 0.2) is 5.65 Å². The molecule has 0 aliphatic carbocycles. The highest BCUT2D eigenvalue weighted by Crippen LogP contribution is 2.31. The summed E-state index contributed by atoms with van der Waals surface area (Å²) in [4.78, 5) is 21.0. The maximum Gasteiger partial charge on any atom is 0.327 e. The fourth-order valence-electron chi connectivity index (χ4n) is 2.83. The van der Waals surface area contributed by atoms with Crippen molar-refractivity contribution in [2.75, 3.05) is 0 Å². The van der Waals surface area contributed by atoms with E-state index < -0.39 is 12.0 Å². The zero-order valence-corrected chi connectivity index (χ0v) is 13.4. The minimum atomic E-state index is -0.876. The Morgan fingerprint density at radius 3 is 2.52 bits per heavy atom. The third-order valence-electron chi connectivity index (χ3n) is 3.86. The first-order chi connectivity index (χ1) is 11.0. The van der Waals surface area contributed by atoms with E-state index in [1.807, 2.05) is 57.2 Å². The first-order valence-corrected chi connectivity index (χ1v) is 7.62. The SMILES string of the molecule is Cc1cnc2c(c1)nc(-c1ccccc1)n2C(C(=O)O)C(C)C. The predicted octanol–water partition coefficient (Wildman–Crippen LogP) is 3.69. The van der Waals surface area contributed by atoms with Gasteiger partial charge in [-0.05, 0) is 24.5 Å². The number of aromatic nitrogens is 3. The number of aliphatic carboxylic acids is 1. The lowest BCUT2D eigenvalue weighted by atomic mass is 10.0. The van der Waals surface area contributed by atoms with Crippen molar-refractivity contribution in [2.24, 2.45) is 5.92 Å². The Kier molecular flexibility index (Phi) is 3.86. The lowest BCUT2D eigenvalue weighted by Gasteiger charge is -2.20. The average molecular weight is 309 g/mol. The van der Waals surface area contributed by atoms with Crippen molar-refractivity contribution in [3.05, 3.63) is 48.2 Å². The molecule has 5 heteroatoms. The fourth-order valence-corrected chi connectivity index (χ4v) is 2.83. The van der Waals surface area contributed by atoms with Crippen LogP contribution < -0.4 is 0 Å². The van der Waals surface area contributed by atoms with E-state index in [4.69, 9.17) is 0 Å². The predicted molar refractivity (Wildman–Crippen MR) is 89.2 cm³/mol. The molecule has 0 bridgehead atoms. The molecule has 3 aromatic rings. The van der Waals surface area contributed by atoms with Gasteiger partial charge in [-0.1, -0.05) is 44.2 Å². The van der Waals surface area contributed by atoms with Crippen molar-refractivity contribution in [3.63, 3.8) is 0 Å². The lowest BCUT2D eigenvalue weighted by Crippen LogP contribution is -2.25. The van der Waals surface area contributed by atoms with E-state index in [9.17, 15) is 9.90 Å². The van der Waals surface area contributed by atoms with Gasteiger partial charge in [0.2, 0.25) is 0 Å². The van der Waals surface area contributed by atoms with Gasteiger partial charge < -0.3 is 5.11 Å². The number of carboxylic acid groups (broad SMARTS) is 1. The number of carbonyl (C=O) groups is 1. The summed E-state index contributed by atoms with van der Waals surface area (Å²) in [6.07, 6.45) is 1.74. The molecule has 118 valence electrons. The summed E-state index contributed by atoms with van der Waals surface area (Å²) in [5, 5.41) is 9.72. The van der Waals surface area contributed by atoms with Gasteiger partial charge in [-0.3, -0.25) is 4.57 Å². The molecule has 2 heterocycles. The van der Waals surface area contributed by atoms with Crippen molar-refractivity contribution in [2.45, 2.75) is 26.8 Å². The fraction of sp³-hybridized carbons (Fsp3) is 0.278. The van der Waals surface area contributed by atoms with Gasteiger partial charge in [-0.15, -0.1) is 0 Å². The Bertz CT molecular complexity index is 853. The number of carboxylic acids is 1. The highest BCUT2D eigenvalue weighted by molar-refractivity contribution is 5.82. The van der Waals surface area contributed by atoms with Crippen LogP contribution in [0.2, 0.25) is 0 Å². The summed E-state index contributed by atoms with van der Waals surface area (Å²) in [6.45, 7) is 5.74. The van der Waals surface area contributed by atoms with E-state index >= 15 is 0 Å². The Balaban J connectivity index is 2.34. The van der Waals surface area contributed by atoms with Crippen LogP contribution in [0, 0.1) is 12.8 Å². The molecule has 0 aliphatic rings. The molecule has 2 aromatic heterocycles. The topological polar surface area (TPSA) is 68.0 Å². The van der Waals surface area contributed by atoms with Crippen LogP contribution in [0.3, 0.4) is 0 Å². The van der Waals surface area contributed by atoms with E-state index in [0.29, 0.717) is 11.5 Å². The summed E-state index contributed by atoms with van der Waals surface area (Å²) in [5.74, 6) is -0.325. The Hall–Kier alpha value is -2.69. The maximum absolute atomic E-state index is 11.9. The monoisotopic (exact) mass is 309 g/mol. The molecule has 1 N–H and O–H groups in total. The van der Waals surface area contributed by atoms with E-state index in [2.05, 4.69) is 9.97 Å². The second-order valence-electron chi connectivity index (χ2n) is 6.05. The molecule has 1 aromatic carbocycles. The molecule has 0 saturated heterocycles. The third kappa shape index (κ3) is 2.70. The largest absolute Gasteiger partial charge is 0.480 e. The molecule has 1 unspecified atom stereocenters. The molecule has 1 atom stereocenters. The van der Waals surface area contributed by atoms with Gasteiger partial charge in [-0.25, -0.2) is 14.8 Å². The molecule has 0 amide bonds. The van der Waals surface area contributed by atoms with Gasteiger partial charge in [0.1, 0.15) is 17.4 Å². The van der Waals surface area contributed by atoms with Crippen LogP contribution in [0.4, 0.5) is 0 Å². The van der Waals surface area contributed by atoms with E-state index in [1.54, 1.807) is 10.8 Å². The van der Waals surface area contributed by atoms with Gasteiger partial charge >= 0.3 is 5.97 Å². The lowest BCUT2D eigenvalue weighted by molar-refractivity contribution is -0.142. The van der Waals surface area contributed by atoms with Gasteiger partial charge in [0.25, 0.3) is 0 Å². The van der Waals surface area contributed by atoms with Crippen LogP contribution in [0.5, 0.6) is 0 Å². The molecule has 0 radical (unpaired) electrons. The zero-order valence-electron chi connectivity index (χ0n) is 13.4. The van der Waals surface area contributed by atoms with Crippen molar-refractivity contribution >= 4 is 17.1 Å². The first-order valence-electron chi connectivity index (χ1n) is 7.62. The summed E-state index contributed by atoms with van der Waals surface area (Å²) >= 11 is 0. The number of benzene rings is 1. The number of nitrogens with zero attached hydrogens (tertiary/aromatic N) is 3. The van der Waals surface area contributed by atoms with Gasteiger partial charge in [-0.2, -0.15) is 0 Å². The van der Waals surface area contributed by atoms with Crippen molar-refractivity contribution in [1.29, 1.82) is 0 Å². The Labute approximate surface area is 134 Å². The van der Waals surface area contributed by atoms with Crippen molar-refractivity contribution in [1.82, 2.24) is 14.5 Å².